The highest BCUT2D eigenvalue weighted by molar-refractivity contribution is 9.10. The number of ketones is 1. The summed E-state index contributed by atoms with van der Waals surface area (Å²) in [6, 6.07) is 10.1. The van der Waals surface area contributed by atoms with Crippen LogP contribution in [0.5, 0.6) is 17.2 Å². The van der Waals surface area contributed by atoms with E-state index >= 15 is 0 Å². The van der Waals surface area contributed by atoms with Crippen molar-refractivity contribution in [2.75, 3.05) is 6.79 Å². The Balaban J connectivity index is 1.83. The van der Waals surface area contributed by atoms with Gasteiger partial charge in [-0.25, -0.2) is 0 Å². The first-order valence-corrected chi connectivity index (χ1v) is 7.03. The monoisotopic (exact) mass is 346 g/mol. The summed E-state index contributed by atoms with van der Waals surface area (Å²) in [5.74, 6) is 1.15. The molecular formula is C16H11BrO4. The average molecular weight is 347 g/mol. The predicted molar refractivity (Wildman–Crippen MR) is 81.7 cm³/mol. The number of phenols is 1. The van der Waals surface area contributed by atoms with Gasteiger partial charge in [-0.3, -0.25) is 4.79 Å². The number of fused-ring (bicyclic) bond motifs is 1. The second-order valence-corrected chi connectivity index (χ2v) is 5.38. The summed E-state index contributed by atoms with van der Waals surface area (Å²) in [6.45, 7) is 0.175. The molecule has 3 rings (SSSR count). The van der Waals surface area contributed by atoms with Crippen molar-refractivity contribution in [1.29, 1.82) is 0 Å². The molecule has 0 amide bonds. The normalized spacial score (nSPS) is 12.8. The van der Waals surface area contributed by atoms with E-state index < -0.39 is 0 Å². The van der Waals surface area contributed by atoms with Crippen molar-refractivity contribution in [2.45, 2.75) is 0 Å². The minimum Gasteiger partial charge on any atom is -0.507 e. The Bertz CT molecular complexity index is 737. The minimum absolute atomic E-state index is 0.118. The smallest absolute Gasteiger partial charge is 0.231 e. The molecule has 106 valence electrons. The average Bonchev–Trinajstić information content (AvgIpc) is 2.95. The van der Waals surface area contributed by atoms with E-state index in [1.165, 1.54) is 6.08 Å². The zero-order valence-electron chi connectivity index (χ0n) is 10.9. The standard InChI is InChI=1S/C16H11BrO4/c17-12-3-5-14(19)10(7-12)1-4-13(18)11-2-6-15-16(8-11)21-9-20-15/h1-8,19H,9H2/b4-1+. The molecule has 1 aliphatic rings. The Kier molecular flexibility index (Phi) is 3.66. The van der Waals surface area contributed by atoms with Crippen LogP contribution in [0.1, 0.15) is 15.9 Å². The summed E-state index contributed by atoms with van der Waals surface area (Å²) < 4.78 is 11.3. The molecule has 5 heteroatoms. The van der Waals surface area contributed by atoms with Crippen LogP contribution in [0, 0.1) is 0 Å². The highest BCUT2D eigenvalue weighted by Crippen LogP contribution is 2.32. The fourth-order valence-corrected chi connectivity index (χ4v) is 2.35. The lowest BCUT2D eigenvalue weighted by atomic mass is 10.1. The van der Waals surface area contributed by atoms with Gasteiger partial charge < -0.3 is 14.6 Å². The molecule has 0 aliphatic carbocycles. The van der Waals surface area contributed by atoms with Gasteiger partial charge in [-0.05, 0) is 48.6 Å². The van der Waals surface area contributed by atoms with Crippen molar-refractivity contribution in [3.63, 3.8) is 0 Å². The molecule has 0 saturated heterocycles. The van der Waals surface area contributed by atoms with E-state index in [1.807, 2.05) is 0 Å². The van der Waals surface area contributed by atoms with Crippen molar-refractivity contribution in [3.8, 4) is 17.2 Å². The summed E-state index contributed by atoms with van der Waals surface area (Å²) in [4.78, 5) is 12.1. The maximum atomic E-state index is 12.1. The third-order valence-corrected chi connectivity index (χ3v) is 3.55. The molecule has 1 N–H and O–H groups in total. The number of hydrogen-bond donors (Lipinski definition) is 1. The van der Waals surface area contributed by atoms with Crippen LogP contribution in [0.15, 0.2) is 46.9 Å². The third-order valence-electron chi connectivity index (χ3n) is 3.06. The molecule has 0 bridgehead atoms. The largest absolute Gasteiger partial charge is 0.507 e. The van der Waals surface area contributed by atoms with Gasteiger partial charge in [0.25, 0.3) is 0 Å². The predicted octanol–water partition coefficient (Wildman–Crippen LogP) is 3.78. The number of carbonyl (C=O) groups is 1. The van der Waals surface area contributed by atoms with Crippen LogP contribution in [0.2, 0.25) is 0 Å². The zero-order valence-corrected chi connectivity index (χ0v) is 12.5. The maximum absolute atomic E-state index is 12.1. The molecule has 0 fully saturated rings. The maximum Gasteiger partial charge on any atom is 0.231 e. The lowest BCUT2D eigenvalue weighted by molar-refractivity contribution is 0.104. The van der Waals surface area contributed by atoms with Gasteiger partial charge in [0.1, 0.15) is 5.75 Å². The molecule has 0 atom stereocenters. The number of phenolic OH excluding ortho intramolecular Hbond substituents is 1. The van der Waals surface area contributed by atoms with E-state index in [2.05, 4.69) is 15.9 Å². The van der Waals surface area contributed by atoms with Gasteiger partial charge in [-0.15, -0.1) is 0 Å². The van der Waals surface area contributed by atoms with Crippen LogP contribution in [-0.2, 0) is 0 Å². The molecule has 1 heterocycles. The summed E-state index contributed by atoms with van der Waals surface area (Å²) in [7, 11) is 0. The molecular weight excluding hydrogens is 336 g/mol. The Morgan fingerprint density at radius 1 is 1.14 bits per heavy atom. The van der Waals surface area contributed by atoms with E-state index in [1.54, 1.807) is 42.5 Å². The second kappa shape index (κ2) is 5.61. The number of halogens is 1. The first-order valence-electron chi connectivity index (χ1n) is 6.24. The molecule has 4 nitrogen and oxygen atoms in total. The van der Waals surface area contributed by atoms with Gasteiger partial charge in [0.15, 0.2) is 17.3 Å². The number of hydrogen-bond acceptors (Lipinski definition) is 4. The first kappa shape index (κ1) is 13.7. The SMILES string of the molecule is O=C(/C=C/c1cc(Br)ccc1O)c1ccc2c(c1)OCO2. The minimum atomic E-state index is -0.173. The number of rotatable bonds is 3. The summed E-state index contributed by atoms with van der Waals surface area (Å²) in [5.41, 5.74) is 1.07. The van der Waals surface area contributed by atoms with E-state index in [4.69, 9.17) is 9.47 Å². The van der Waals surface area contributed by atoms with Crippen molar-refractivity contribution in [1.82, 2.24) is 0 Å². The Hall–Kier alpha value is -2.27. The lowest BCUT2D eigenvalue weighted by Crippen LogP contribution is -1.94. The first-order chi connectivity index (χ1) is 10.1. The second-order valence-electron chi connectivity index (χ2n) is 4.47. The molecule has 1 aliphatic heterocycles. The van der Waals surface area contributed by atoms with E-state index in [0.717, 1.165) is 4.47 Å². The Labute approximate surface area is 129 Å². The molecule has 2 aromatic rings. The molecule has 0 aromatic heterocycles. The number of allylic oxidation sites excluding steroid dienone is 1. The molecule has 0 unspecified atom stereocenters. The number of aromatic hydroxyl groups is 1. The number of benzene rings is 2. The lowest BCUT2D eigenvalue weighted by Gasteiger charge is -2.01. The fourth-order valence-electron chi connectivity index (χ4n) is 1.97. The van der Waals surface area contributed by atoms with Gasteiger partial charge in [0.2, 0.25) is 6.79 Å². The summed E-state index contributed by atoms with van der Waals surface area (Å²) >= 11 is 3.32. The van der Waals surface area contributed by atoms with Crippen molar-refractivity contribution in [2.24, 2.45) is 0 Å². The van der Waals surface area contributed by atoms with E-state index in [9.17, 15) is 9.90 Å². The summed E-state index contributed by atoms with van der Waals surface area (Å²) in [6.07, 6.45) is 2.99. The van der Waals surface area contributed by atoms with Crippen molar-refractivity contribution in [3.05, 3.63) is 58.1 Å². The van der Waals surface area contributed by atoms with Gasteiger partial charge in [0, 0.05) is 15.6 Å². The Morgan fingerprint density at radius 3 is 2.81 bits per heavy atom. The van der Waals surface area contributed by atoms with Gasteiger partial charge in [-0.1, -0.05) is 15.9 Å². The third kappa shape index (κ3) is 2.92. The molecule has 0 spiro atoms. The zero-order chi connectivity index (χ0) is 14.8. The van der Waals surface area contributed by atoms with Crippen LogP contribution in [0.3, 0.4) is 0 Å². The number of ether oxygens (including phenoxy) is 2. The van der Waals surface area contributed by atoms with Crippen LogP contribution in [0.4, 0.5) is 0 Å². The highest BCUT2D eigenvalue weighted by Gasteiger charge is 2.15. The van der Waals surface area contributed by atoms with Gasteiger partial charge in [-0.2, -0.15) is 0 Å². The summed E-state index contributed by atoms with van der Waals surface area (Å²) in [5, 5.41) is 9.73. The van der Waals surface area contributed by atoms with Crippen LogP contribution in [-0.4, -0.2) is 17.7 Å². The van der Waals surface area contributed by atoms with Crippen molar-refractivity contribution >= 4 is 27.8 Å². The quantitative estimate of drug-likeness (QED) is 0.678. The van der Waals surface area contributed by atoms with E-state index in [0.29, 0.717) is 22.6 Å². The van der Waals surface area contributed by atoms with E-state index in [-0.39, 0.29) is 18.3 Å². The highest BCUT2D eigenvalue weighted by atomic mass is 79.9. The number of carbonyl (C=O) groups excluding carboxylic acids is 1. The molecule has 21 heavy (non-hydrogen) atoms. The fraction of sp³-hybridized carbons (Fsp3) is 0.0625. The van der Waals surface area contributed by atoms with Gasteiger partial charge >= 0.3 is 0 Å². The molecule has 0 radical (unpaired) electrons. The van der Waals surface area contributed by atoms with Gasteiger partial charge in [0.05, 0.1) is 0 Å². The van der Waals surface area contributed by atoms with Crippen LogP contribution < -0.4 is 9.47 Å². The molecule has 0 saturated carbocycles. The van der Waals surface area contributed by atoms with Crippen molar-refractivity contribution < 1.29 is 19.4 Å². The Morgan fingerprint density at radius 2 is 1.95 bits per heavy atom. The topological polar surface area (TPSA) is 55.8 Å². The molecule has 2 aromatic carbocycles. The van der Waals surface area contributed by atoms with Crippen LogP contribution in [0.25, 0.3) is 6.08 Å². The van der Waals surface area contributed by atoms with Crippen LogP contribution >= 0.6 is 15.9 Å².